The lowest BCUT2D eigenvalue weighted by Crippen LogP contribution is -2.45. The standard InChI is InChI=1S/C10H20N2O/c1-4-12(9(2)3)10(13)11-7-5-6-8-11/h9H,4-8H2,1-3H3. The molecule has 0 aliphatic carbocycles. The fourth-order valence-electron chi connectivity index (χ4n) is 1.81. The van der Waals surface area contributed by atoms with Crippen LogP contribution in [0.25, 0.3) is 0 Å². The molecule has 0 bridgehead atoms. The normalized spacial score (nSPS) is 16.8. The zero-order valence-corrected chi connectivity index (χ0v) is 8.92. The highest BCUT2D eigenvalue weighted by atomic mass is 16.2. The topological polar surface area (TPSA) is 23.6 Å². The molecule has 1 fully saturated rings. The maximum absolute atomic E-state index is 11.9. The maximum atomic E-state index is 11.9. The van der Waals surface area contributed by atoms with E-state index < -0.39 is 0 Å². The Bertz CT molecular complexity index is 174. The Morgan fingerprint density at radius 2 is 1.92 bits per heavy atom. The summed E-state index contributed by atoms with van der Waals surface area (Å²) in [5, 5.41) is 0. The molecular formula is C10H20N2O. The second kappa shape index (κ2) is 4.49. The second-order valence-electron chi connectivity index (χ2n) is 3.86. The third-order valence-corrected chi connectivity index (χ3v) is 2.59. The van der Waals surface area contributed by atoms with Crippen LogP contribution in [-0.4, -0.2) is 41.5 Å². The number of urea groups is 1. The van der Waals surface area contributed by atoms with Crippen LogP contribution < -0.4 is 0 Å². The number of hydrogen-bond acceptors (Lipinski definition) is 1. The van der Waals surface area contributed by atoms with Gasteiger partial charge in [-0.2, -0.15) is 0 Å². The largest absolute Gasteiger partial charge is 0.325 e. The molecule has 1 aliphatic rings. The number of likely N-dealkylation sites (tertiary alicyclic amines) is 1. The van der Waals surface area contributed by atoms with Gasteiger partial charge in [-0.15, -0.1) is 0 Å². The van der Waals surface area contributed by atoms with Crippen LogP contribution in [0.5, 0.6) is 0 Å². The van der Waals surface area contributed by atoms with Gasteiger partial charge in [-0.05, 0) is 33.6 Å². The lowest BCUT2D eigenvalue weighted by atomic mass is 10.3. The van der Waals surface area contributed by atoms with Crippen molar-refractivity contribution in [2.45, 2.75) is 39.7 Å². The van der Waals surface area contributed by atoms with Crippen LogP contribution in [0.1, 0.15) is 33.6 Å². The Morgan fingerprint density at radius 1 is 1.38 bits per heavy atom. The smallest absolute Gasteiger partial charge is 0.320 e. The fraction of sp³-hybridized carbons (Fsp3) is 0.900. The summed E-state index contributed by atoms with van der Waals surface area (Å²) >= 11 is 0. The molecule has 0 spiro atoms. The number of carbonyl (C=O) groups is 1. The van der Waals surface area contributed by atoms with Crippen LogP contribution >= 0.6 is 0 Å². The minimum absolute atomic E-state index is 0.218. The van der Waals surface area contributed by atoms with E-state index >= 15 is 0 Å². The van der Waals surface area contributed by atoms with Gasteiger partial charge in [0.2, 0.25) is 0 Å². The zero-order chi connectivity index (χ0) is 9.84. The summed E-state index contributed by atoms with van der Waals surface area (Å²) in [5.74, 6) is 0. The van der Waals surface area contributed by atoms with Crippen molar-refractivity contribution < 1.29 is 4.79 Å². The van der Waals surface area contributed by atoms with Crippen molar-refractivity contribution in [3.63, 3.8) is 0 Å². The Balaban J connectivity index is 2.52. The number of rotatable bonds is 2. The number of carbonyl (C=O) groups excluding carboxylic acids is 1. The van der Waals surface area contributed by atoms with Gasteiger partial charge < -0.3 is 9.80 Å². The van der Waals surface area contributed by atoms with E-state index in [-0.39, 0.29) is 6.03 Å². The van der Waals surface area contributed by atoms with Crippen LogP contribution in [0.2, 0.25) is 0 Å². The molecule has 0 aromatic rings. The Hall–Kier alpha value is -0.730. The first-order chi connectivity index (χ1) is 6.16. The van der Waals surface area contributed by atoms with Gasteiger partial charge in [-0.1, -0.05) is 0 Å². The minimum atomic E-state index is 0.218. The third kappa shape index (κ3) is 2.36. The molecule has 1 rings (SSSR count). The van der Waals surface area contributed by atoms with E-state index in [1.54, 1.807) is 0 Å². The van der Waals surface area contributed by atoms with E-state index in [1.165, 1.54) is 12.8 Å². The molecule has 0 unspecified atom stereocenters. The Kier molecular flexibility index (Phi) is 3.58. The molecule has 3 heteroatoms. The highest BCUT2D eigenvalue weighted by molar-refractivity contribution is 5.74. The second-order valence-corrected chi connectivity index (χ2v) is 3.86. The van der Waals surface area contributed by atoms with Crippen molar-refractivity contribution >= 4 is 6.03 Å². The monoisotopic (exact) mass is 184 g/mol. The van der Waals surface area contributed by atoms with Gasteiger partial charge in [0.25, 0.3) is 0 Å². The molecule has 0 radical (unpaired) electrons. The molecule has 3 nitrogen and oxygen atoms in total. The summed E-state index contributed by atoms with van der Waals surface area (Å²) in [6.07, 6.45) is 2.34. The molecule has 1 heterocycles. The number of nitrogens with zero attached hydrogens (tertiary/aromatic N) is 2. The molecule has 0 N–H and O–H groups in total. The van der Waals surface area contributed by atoms with E-state index in [4.69, 9.17) is 0 Å². The number of hydrogen-bond donors (Lipinski definition) is 0. The average molecular weight is 184 g/mol. The molecule has 13 heavy (non-hydrogen) atoms. The van der Waals surface area contributed by atoms with Crippen LogP contribution in [-0.2, 0) is 0 Å². The summed E-state index contributed by atoms with van der Waals surface area (Å²) in [7, 11) is 0. The average Bonchev–Trinajstić information content (AvgIpc) is 2.56. The first-order valence-electron chi connectivity index (χ1n) is 5.22. The zero-order valence-electron chi connectivity index (χ0n) is 8.92. The van der Waals surface area contributed by atoms with E-state index in [0.29, 0.717) is 6.04 Å². The van der Waals surface area contributed by atoms with Crippen molar-refractivity contribution in [1.82, 2.24) is 9.80 Å². The first kappa shape index (κ1) is 10.4. The third-order valence-electron chi connectivity index (χ3n) is 2.59. The van der Waals surface area contributed by atoms with Crippen molar-refractivity contribution in [2.24, 2.45) is 0 Å². The summed E-state index contributed by atoms with van der Waals surface area (Å²) in [6, 6.07) is 0.535. The predicted molar refractivity (Wildman–Crippen MR) is 53.7 cm³/mol. The SMILES string of the molecule is CCN(C(=O)N1CCCC1)C(C)C. The van der Waals surface area contributed by atoms with Gasteiger partial charge in [0.05, 0.1) is 0 Å². The van der Waals surface area contributed by atoms with Gasteiger partial charge in [-0.3, -0.25) is 0 Å². The molecule has 0 aromatic carbocycles. The van der Waals surface area contributed by atoms with Gasteiger partial charge in [0.1, 0.15) is 0 Å². The van der Waals surface area contributed by atoms with Crippen molar-refractivity contribution in [3.05, 3.63) is 0 Å². The van der Waals surface area contributed by atoms with Crippen molar-refractivity contribution in [3.8, 4) is 0 Å². The van der Waals surface area contributed by atoms with E-state index in [2.05, 4.69) is 13.8 Å². The molecule has 1 saturated heterocycles. The summed E-state index contributed by atoms with van der Waals surface area (Å²) in [5.41, 5.74) is 0. The lowest BCUT2D eigenvalue weighted by molar-refractivity contribution is 0.152. The van der Waals surface area contributed by atoms with Crippen LogP contribution in [0.15, 0.2) is 0 Å². The van der Waals surface area contributed by atoms with E-state index in [0.717, 1.165) is 19.6 Å². The fourth-order valence-corrected chi connectivity index (χ4v) is 1.81. The maximum Gasteiger partial charge on any atom is 0.320 e. The molecule has 2 amide bonds. The summed E-state index contributed by atoms with van der Waals surface area (Å²) in [4.78, 5) is 15.8. The highest BCUT2D eigenvalue weighted by Gasteiger charge is 2.23. The first-order valence-corrected chi connectivity index (χ1v) is 5.22. The quantitative estimate of drug-likeness (QED) is 0.643. The molecular weight excluding hydrogens is 164 g/mol. The molecule has 1 aliphatic heterocycles. The van der Waals surface area contributed by atoms with Crippen LogP contribution in [0, 0.1) is 0 Å². The lowest BCUT2D eigenvalue weighted by Gasteiger charge is -2.29. The Morgan fingerprint density at radius 3 is 2.31 bits per heavy atom. The molecule has 0 saturated carbocycles. The Labute approximate surface area is 80.7 Å². The number of amides is 2. The summed E-state index contributed by atoms with van der Waals surface area (Å²) in [6.45, 7) is 8.88. The van der Waals surface area contributed by atoms with Gasteiger partial charge in [-0.25, -0.2) is 4.79 Å². The summed E-state index contributed by atoms with van der Waals surface area (Å²) < 4.78 is 0. The minimum Gasteiger partial charge on any atom is -0.325 e. The molecule has 76 valence electrons. The van der Waals surface area contributed by atoms with Gasteiger partial charge in [0, 0.05) is 25.7 Å². The van der Waals surface area contributed by atoms with E-state index in [1.807, 2.05) is 16.7 Å². The highest BCUT2D eigenvalue weighted by Crippen LogP contribution is 2.12. The molecule has 0 atom stereocenters. The van der Waals surface area contributed by atoms with Gasteiger partial charge in [0.15, 0.2) is 0 Å². The molecule has 0 aromatic heterocycles. The van der Waals surface area contributed by atoms with Crippen LogP contribution in [0.4, 0.5) is 4.79 Å². The van der Waals surface area contributed by atoms with E-state index in [9.17, 15) is 4.79 Å². The van der Waals surface area contributed by atoms with Crippen LogP contribution in [0.3, 0.4) is 0 Å². The predicted octanol–water partition coefficient (Wildman–Crippen LogP) is 1.93. The van der Waals surface area contributed by atoms with Crippen molar-refractivity contribution in [1.29, 1.82) is 0 Å². The van der Waals surface area contributed by atoms with Crippen molar-refractivity contribution in [2.75, 3.05) is 19.6 Å². The van der Waals surface area contributed by atoms with Gasteiger partial charge >= 0.3 is 6.03 Å².